The Hall–Kier alpha value is -1.02. The van der Waals surface area contributed by atoms with Gasteiger partial charge in [0.15, 0.2) is 0 Å². The van der Waals surface area contributed by atoms with Gasteiger partial charge in [-0.3, -0.25) is 0 Å². The van der Waals surface area contributed by atoms with Crippen molar-refractivity contribution in [3.63, 3.8) is 0 Å². The Kier molecular flexibility index (Phi) is 4.06. The minimum atomic E-state index is 0.515. The predicted octanol–water partition coefficient (Wildman–Crippen LogP) is 3.11. The van der Waals surface area contributed by atoms with Gasteiger partial charge in [0.1, 0.15) is 5.75 Å². The van der Waals surface area contributed by atoms with Gasteiger partial charge >= 0.3 is 0 Å². The van der Waals surface area contributed by atoms with Crippen LogP contribution in [-0.2, 0) is 6.42 Å². The molecule has 0 spiro atoms. The maximum Gasteiger partial charge on any atom is 0.122 e. The van der Waals surface area contributed by atoms with E-state index in [0.717, 1.165) is 24.8 Å². The van der Waals surface area contributed by atoms with Crippen molar-refractivity contribution >= 4 is 0 Å². The summed E-state index contributed by atoms with van der Waals surface area (Å²) < 4.78 is 5.40. The van der Waals surface area contributed by atoms with Crippen molar-refractivity contribution in [1.82, 2.24) is 5.32 Å². The molecule has 0 bridgehead atoms. The molecule has 2 nitrogen and oxygen atoms in total. The largest absolute Gasteiger partial charge is 0.496 e. The van der Waals surface area contributed by atoms with E-state index in [0.29, 0.717) is 5.92 Å². The van der Waals surface area contributed by atoms with Gasteiger partial charge in [-0.2, -0.15) is 0 Å². The molecule has 1 aromatic carbocycles. The molecule has 2 heteroatoms. The summed E-state index contributed by atoms with van der Waals surface area (Å²) >= 11 is 0. The molecule has 1 aliphatic rings. The second-order valence-electron chi connectivity index (χ2n) is 5.21. The number of rotatable bonds is 6. The summed E-state index contributed by atoms with van der Waals surface area (Å²) in [5.74, 6) is 1.53. The highest BCUT2D eigenvalue weighted by Crippen LogP contribution is 2.27. The van der Waals surface area contributed by atoms with E-state index in [1.807, 2.05) is 0 Å². The molecule has 0 atom stereocenters. The third-order valence-electron chi connectivity index (χ3n) is 3.34. The first-order valence-electron chi connectivity index (χ1n) is 6.61. The second-order valence-corrected chi connectivity index (χ2v) is 5.21. The maximum absolute atomic E-state index is 5.40. The smallest absolute Gasteiger partial charge is 0.122 e. The molecule has 1 aromatic rings. The van der Waals surface area contributed by atoms with Gasteiger partial charge in [-0.15, -0.1) is 0 Å². The van der Waals surface area contributed by atoms with Crippen LogP contribution in [0.2, 0.25) is 0 Å². The molecule has 1 fully saturated rings. The van der Waals surface area contributed by atoms with E-state index in [1.165, 1.54) is 24.0 Å². The fourth-order valence-corrected chi connectivity index (χ4v) is 2.10. The molecule has 94 valence electrons. The van der Waals surface area contributed by atoms with Crippen LogP contribution in [0, 0.1) is 0 Å². The number of hydrogen-bond acceptors (Lipinski definition) is 2. The normalized spacial score (nSPS) is 15.3. The Labute approximate surface area is 104 Å². The average molecular weight is 233 g/mol. The standard InChI is InChI=1S/C15H23NO/c1-11(2)14-10-12(4-7-15(14)17-3)8-9-16-13-5-6-13/h4,7,10-11,13,16H,5-6,8-9H2,1-3H3. The van der Waals surface area contributed by atoms with Gasteiger partial charge in [0, 0.05) is 6.04 Å². The fraction of sp³-hybridized carbons (Fsp3) is 0.600. The van der Waals surface area contributed by atoms with Crippen LogP contribution in [0.15, 0.2) is 18.2 Å². The molecule has 0 unspecified atom stereocenters. The lowest BCUT2D eigenvalue weighted by Gasteiger charge is -2.13. The number of nitrogens with one attached hydrogen (secondary N) is 1. The SMILES string of the molecule is COc1ccc(CCNC2CC2)cc1C(C)C. The monoisotopic (exact) mass is 233 g/mol. The van der Waals surface area contributed by atoms with Gasteiger partial charge in [-0.1, -0.05) is 26.0 Å². The summed E-state index contributed by atoms with van der Waals surface area (Å²) in [4.78, 5) is 0. The molecule has 1 saturated carbocycles. The van der Waals surface area contributed by atoms with Crippen LogP contribution in [0.3, 0.4) is 0 Å². The maximum atomic E-state index is 5.40. The lowest BCUT2D eigenvalue weighted by molar-refractivity contribution is 0.407. The zero-order valence-electron chi connectivity index (χ0n) is 11.1. The van der Waals surface area contributed by atoms with Crippen molar-refractivity contribution < 1.29 is 4.74 Å². The van der Waals surface area contributed by atoms with Gasteiger partial charge in [0.2, 0.25) is 0 Å². The first-order chi connectivity index (χ1) is 8.20. The molecule has 0 amide bonds. The Bertz CT molecular complexity index is 369. The summed E-state index contributed by atoms with van der Waals surface area (Å²) in [5, 5.41) is 3.55. The first kappa shape index (κ1) is 12.4. The summed E-state index contributed by atoms with van der Waals surface area (Å²) in [6.07, 6.45) is 3.83. The molecular weight excluding hydrogens is 210 g/mol. The topological polar surface area (TPSA) is 21.3 Å². The van der Waals surface area contributed by atoms with Crippen LogP contribution in [0.4, 0.5) is 0 Å². The number of methoxy groups -OCH3 is 1. The van der Waals surface area contributed by atoms with Crippen LogP contribution in [0.25, 0.3) is 0 Å². The summed E-state index contributed by atoms with van der Waals surface area (Å²) in [6, 6.07) is 7.37. The van der Waals surface area contributed by atoms with Crippen LogP contribution in [0.1, 0.15) is 43.7 Å². The Morgan fingerprint density at radius 1 is 1.35 bits per heavy atom. The number of hydrogen-bond donors (Lipinski definition) is 1. The molecule has 1 N–H and O–H groups in total. The minimum Gasteiger partial charge on any atom is -0.496 e. The van der Waals surface area contributed by atoms with E-state index >= 15 is 0 Å². The van der Waals surface area contributed by atoms with E-state index in [1.54, 1.807) is 7.11 Å². The zero-order chi connectivity index (χ0) is 12.3. The molecule has 2 rings (SSSR count). The van der Waals surface area contributed by atoms with Gasteiger partial charge in [0.05, 0.1) is 7.11 Å². The molecule has 0 saturated heterocycles. The van der Waals surface area contributed by atoms with Crippen molar-refractivity contribution in [2.24, 2.45) is 0 Å². The molecule has 0 heterocycles. The first-order valence-corrected chi connectivity index (χ1v) is 6.61. The highest BCUT2D eigenvalue weighted by Gasteiger charge is 2.19. The van der Waals surface area contributed by atoms with Crippen molar-refractivity contribution in [3.8, 4) is 5.75 Å². The molecular formula is C15H23NO. The average Bonchev–Trinajstić information content (AvgIpc) is 3.13. The van der Waals surface area contributed by atoms with Gasteiger partial charge in [0.25, 0.3) is 0 Å². The highest BCUT2D eigenvalue weighted by molar-refractivity contribution is 5.39. The van der Waals surface area contributed by atoms with Crippen molar-refractivity contribution in [3.05, 3.63) is 29.3 Å². The van der Waals surface area contributed by atoms with Gasteiger partial charge in [-0.05, 0) is 48.9 Å². The highest BCUT2D eigenvalue weighted by atomic mass is 16.5. The van der Waals surface area contributed by atoms with E-state index in [2.05, 4.69) is 37.4 Å². The van der Waals surface area contributed by atoms with E-state index in [9.17, 15) is 0 Å². The third-order valence-corrected chi connectivity index (χ3v) is 3.34. The number of benzene rings is 1. The predicted molar refractivity (Wildman–Crippen MR) is 71.8 cm³/mol. The van der Waals surface area contributed by atoms with Crippen molar-refractivity contribution in [1.29, 1.82) is 0 Å². The Morgan fingerprint density at radius 2 is 2.12 bits per heavy atom. The Morgan fingerprint density at radius 3 is 2.71 bits per heavy atom. The minimum absolute atomic E-state index is 0.515. The molecule has 0 aliphatic heterocycles. The molecule has 0 radical (unpaired) electrons. The van der Waals surface area contributed by atoms with E-state index < -0.39 is 0 Å². The van der Waals surface area contributed by atoms with E-state index in [4.69, 9.17) is 4.74 Å². The van der Waals surface area contributed by atoms with Crippen LogP contribution in [0.5, 0.6) is 5.75 Å². The summed E-state index contributed by atoms with van der Waals surface area (Å²) in [6.45, 7) is 5.52. The van der Waals surface area contributed by atoms with Crippen LogP contribution >= 0.6 is 0 Å². The molecule has 1 aliphatic carbocycles. The molecule has 17 heavy (non-hydrogen) atoms. The van der Waals surface area contributed by atoms with Crippen molar-refractivity contribution in [2.75, 3.05) is 13.7 Å². The van der Waals surface area contributed by atoms with Crippen LogP contribution < -0.4 is 10.1 Å². The van der Waals surface area contributed by atoms with Crippen LogP contribution in [-0.4, -0.2) is 19.7 Å². The summed E-state index contributed by atoms with van der Waals surface area (Å²) in [5.41, 5.74) is 2.72. The van der Waals surface area contributed by atoms with Gasteiger partial charge < -0.3 is 10.1 Å². The lowest BCUT2D eigenvalue weighted by Crippen LogP contribution is -2.19. The van der Waals surface area contributed by atoms with E-state index in [-0.39, 0.29) is 0 Å². The zero-order valence-corrected chi connectivity index (χ0v) is 11.1. The number of ether oxygens (including phenoxy) is 1. The second kappa shape index (κ2) is 5.54. The summed E-state index contributed by atoms with van der Waals surface area (Å²) in [7, 11) is 1.75. The quantitative estimate of drug-likeness (QED) is 0.815. The van der Waals surface area contributed by atoms with Gasteiger partial charge in [-0.25, -0.2) is 0 Å². The van der Waals surface area contributed by atoms with Crippen molar-refractivity contribution in [2.45, 2.75) is 45.1 Å². The molecule has 0 aromatic heterocycles. The third kappa shape index (κ3) is 3.47. The lowest BCUT2D eigenvalue weighted by atomic mass is 9.98. The Balaban J connectivity index is 1.98. The fourth-order valence-electron chi connectivity index (χ4n) is 2.10.